The van der Waals surface area contributed by atoms with Crippen LogP contribution in [-0.2, 0) is 0 Å². The fourth-order valence-corrected chi connectivity index (χ4v) is 1.61. The van der Waals surface area contributed by atoms with Crippen LogP contribution in [-0.4, -0.2) is 6.61 Å². The van der Waals surface area contributed by atoms with E-state index in [1.165, 1.54) is 0 Å². The predicted molar refractivity (Wildman–Crippen MR) is 67.0 cm³/mol. The highest BCUT2D eigenvalue weighted by Gasteiger charge is 2.22. The maximum atomic E-state index is 11.4. The molecule has 2 rings (SSSR count). The van der Waals surface area contributed by atoms with Crippen molar-refractivity contribution < 1.29 is 4.74 Å². The summed E-state index contributed by atoms with van der Waals surface area (Å²) in [5, 5.41) is 2.95. The van der Waals surface area contributed by atoms with Gasteiger partial charge in [0.05, 0.1) is 6.61 Å². The molecule has 0 saturated heterocycles. The summed E-state index contributed by atoms with van der Waals surface area (Å²) in [5.41, 5.74) is 0.995. The van der Waals surface area contributed by atoms with Crippen molar-refractivity contribution in [3.63, 3.8) is 0 Å². The molecule has 1 N–H and O–H groups in total. The number of hydrogen-bond donors (Lipinski definition) is 1. The van der Waals surface area contributed by atoms with E-state index in [1.54, 1.807) is 6.92 Å². The highest BCUT2D eigenvalue weighted by molar-refractivity contribution is 5.71. The highest BCUT2D eigenvalue weighted by Crippen LogP contribution is 2.24. The van der Waals surface area contributed by atoms with Gasteiger partial charge in [-0.2, -0.15) is 0 Å². The van der Waals surface area contributed by atoms with Crippen molar-refractivity contribution in [3.05, 3.63) is 50.3 Å². The van der Waals surface area contributed by atoms with Crippen LogP contribution in [0.15, 0.2) is 33.9 Å². The first-order chi connectivity index (χ1) is 8.15. The van der Waals surface area contributed by atoms with E-state index in [1.807, 2.05) is 31.2 Å². The molecule has 4 nitrogen and oxygen atoms in total. The minimum atomic E-state index is -0.553. The van der Waals surface area contributed by atoms with E-state index in [9.17, 15) is 9.59 Å². The molecule has 0 heterocycles. The molecule has 0 atom stereocenters. The third-order valence-corrected chi connectivity index (χ3v) is 2.56. The van der Waals surface area contributed by atoms with E-state index in [0.29, 0.717) is 6.61 Å². The SMILES string of the molecule is CCOc1c(Nc2ccccc2C)c(=O)c1=O. The Labute approximate surface area is 98.5 Å². The second-order valence-corrected chi connectivity index (χ2v) is 3.74. The molecule has 0 amide bonds. The van der Waals surface area contributed by atoms with Crippen molar-refractivity contribution >= 4 is 11.4 Å². The summed E-state index contributed by atoms with van der Waals surface area (Å²) in [7, 11) is 0. The number of benzene rings is 1. The summed E-state index contributed by atoms with van der Waals surface area (Å²) < 4.78 is 5.13. The average Bonchev–Trinajstić information content (AvgIpc) is 2.35. The molecule has 88 valence electrons. The summed E-state index contributed by atoms with van der Waals surface area (Å²) in [6.07, 6.45) is 0. The third-order valence-electron chi connectivity index (χ3n) is 2.56. The molecule has 0 saturated carbocycles. The molecule has 0 spiro atoms. The topological polar surface area (TPSA) is 55.4 Å². The Morgan fingerprint density at radius 2 is 1.88 bits per heavy atom. The number of para-hydroxylation sites is 1. The van der Waals surface area contributed by atoms with Crippen molar-refractivity contribution in [1.82, 2.24) is 0 Å². The lowest BCUT2D eigenvalue weighted by Gasteiger charge is -2.14. The minimum Gasteiger partial charge on any atom is -0.488 e. The zero-order valence-electron chi connectivity index (χ0n) is 9.74. The Balaban J connectivity index is 2.32. The first-order valence-electron chi connectivity index (χ1n) is 5.44. The van der Waals surface area contributed by atoms with E-state index < -0.39 is 10.9 Å². The quantitative estimate of drug-likeness (QED) is 0.814. The molecule has 0 radical (unpaired) electrons. The lowest BCUT2D eigenvalue weighted by atomic mass is 10.1. The highest BCUT2D eigenvalue weighted by atomic mass is 16.5. The first kappa shape index (κ1) is 11.4. The van der Waals surface area contributed by atoms with Gasteiger partial charge in [0.15, 0.2) is 5.75 Å². The number of nitrogens with one attached hydrogen (secondary N) is 1. The number of ether oxygens (including phenoxy) is 1. The third kappa shape index (κ3) is 1.93. The summed E-state index contributed by atoms with van der Waals surface area (Å²) in [5.74, 6) is 0.140. The van der Waals surface area contributed by atoms with Crippen LogP contribution >= 0.6 is 0 Å². The molecule has 0 fully saturated rings. The number of anilines is 2. The summed E-state index contributed by atoms with van der Waals surface area (Å²) in [6.45, 7) is 4.07. The normalized spacial score (nSPS) is 10.5. The van der Waals surface area contributed by atoms with E-state index >= 15 is 0 Å². The van der Waals surface area contributed by atoms with Crippen LogP contribution in [0, 0.1) is 6.92 Å². The molecule has 0 aromatic heterocycles. The number of rotatable bonds is 4. The zero-order chi connectivity index (χ0) is 12.4. The largest absolute Gasteiger partial charge is 0.488 e. The minimum absolute atomic E-state index is 0.140. The number of hydrogen-bond acceptors (Lipinski definition) is 4. The summed E-state index contributed by atoms with van der Waals surface area (Å²) in [4.78, 5) is 22.7. The Morgan fingerprint density at radius 1 is 1.18 bits per heavy atom. The zero-order valence-corrected chi connectivity index (χ0v) is 9.74. The van der Waals surface area contributed by atoms with Crippen molar-refractivity contribution in [2.24, 2.45) is 0 Å². The predicted octanol–water partition coefficient (Wildman–Crippen LogP) is 1.73. The van der Waals surface area contributed by atoms with Crippen LogP contribution in [0.1, 0.15) is 12.5 Å². The van der Waals surface area contributed by atoms with Gasteiger partial charge in [-0.25, -0.2) is 0 Å². The lowest BCUT2D eigenvalue weighted by molar-refractivity contribution is 0.335. The average molecular weight is 231 g/mol. The number of aryl methyl sites for hydroxylation is 1. The van der Waals surface area contributed by atoms with E-state index in [0.717, 1.165) is 11.3 Å². The van der Waals surface area contributed by atoms with Gasteiger partial charge < -0.3 is 10.1 Å². The molecule has 0 bridgehead atoms. The Kier molecular flexibility index (Phi) is 2.95. The van der Waals surface area contributed by atoms with Crippen LogP contribution in [0.4, 0.5) is 11.4 Å². The van der Waals surface area contributed by atoms with Gasteiger partial charge in [0.25, 0.3) is 10.9 Å². The van der Waals surface area contributed by atoms with E-state index in [4.69, 9.17) is 4.74 Å². The molecule has 0 aliphatic carbocycles. The molecule has 2 aromatic rings. The molecule has 0 aliphatic rings. The van der Waals surface area contributed by atoms with Crippen molar-refractivity contribution in [2.45, 2.75) is 13.8 Å². The van der Waals surface area contributed by atoms with Gasteiger partial charge in [-0.05, 0) is 25.5 Å². The molecule has 0 aliphatic heterocycles. The first-order valence-corrected chi connectivity index (χ1v) is 5.44. The van der Waals surface area contributed by atoms with Crippen LogP contribution in [0.25, 0.3) is 0 Å². The van der Waals surface area contributed by atoms with Crippen LogP contribution in [0.3, 0.4) is 0 Å². The standard InChI is InChI=1S/C13H13NO3/c1-3-17-13-10(11(15)12(13)16)14-9-7-5-4-6-8(9)2/h4-7,14H,3H2,1-2H3. The maximum Gasteiger partial charge on any atom is 0.272 e. The van der Waals surface area contributed by atoms with Gasteiger partial charge in [-0.3, -0.25) is 9.59 Å². The fraction of sp³-hybridized carbons (Fsp3) is 0.231. The maximum absolute atomic E-state index is 11.4. The van der Waals surface area contributed by atoms with Gasteiger partial charge in [0, 0.05) is 5.69 Å². The second kappa shape index (κ2) is 4.41. The van der Waals surface area contributed by atoms with Crippen molar-refractivity contribution in [3.8, 4) is 5.75 Å². The monoisotopic (exact) mass is 231 g/mol. The van der Waals surface area contributed by atoms with Gasteiger partial charge in [-0.1, -0.05) is 18.2 Å². The Bertz CT molecular complexity index is 609. The van der Waals surface area contributed by atoms with Gasteiger partial charge in [0.1, 0.15) is 5.69 Å². The van der Waals surface area contributed by atoms with Crippen LogP contribution in [0.2, 0.25) is 0 Å². The summed E-state index contributed by atoms with van der Waals surface area (Å²) in [6, 6.07) is 7.55. The van der Waals surface area contributed by atoms with Gasteiger partial charge in [-0.15, -0.1) is 0 Å². The molecule has 17 heavy (non-hydrogen) atoms. The van der Waals surface area contributed by atoms with Crippen LogP contribution in [0.5, 0.6) is 5.75 Å². The van der Waals surface area contributed by atoms with Crippen molar-refractivity contribution in [2.75, 3.05) is 11.9 Å². The second-order valence-electron chi connectivity index (χ2n) is 3.74. The molecule has 2 aromatic carbocycles. The Hall–Kier alpha value is -2.10. The molecular weight excluding hydrogens is 218 g/mol. The summed E-state index contributed by atoms with van der Waals surface area (Å²) >= 11 is 0. The molecule has 4 heteroatoms. The van der Waals surface area contributed by atoms with E-state index in [2.05, 4.69) is 5.32 Å². The van der Waals surface area contributed by atoms with Gasteiger partial charge >= 0.3 is 0 Å². The van der Waals surface area contributed by atoms with E-state index in [-0.39, 0.29) is 11.4 Å². The fourth-order valence-electron chi connectivity index (χ4n) is 1.61. The smallest absolute Gasteiger partial charge is 0.272 e. The lowest BCUT2D eigenvalue weighted by Crippen LogP contribution is -2.35. The molecular formula is C13H13NO3. The van der Waals surface area contributed by atoms with Crippen molar-refractivity contribution in [1.29, 1.82) is 0 Å². The molecule has 0 unspecified atom stereocenters. The Morgan fingerprint density at radius 3 is 2.53 bits per heavy atom. The van der Waals surface area contributed by atoms with Gasteiger partial charge in [0.2, 0.25) is 0 Å². The van der Waals surface area contributed by atoms with Crippen LogP contribution < -0.4 is 20.9 Å².